The summed E-state index contributed by atoms with van der Waals surface area (Å²) in [4.78, 5) is 10.3. The lowest BCUT2D eigenvalue weighted by Gasteiger charge is -2.05. The Bertz CT molecular complexity index is 257. The van der Waals surface area contributed by atoms with Crippen LogP contribution in [-0.4, -0.2) is 21.3 Å². The van der Waals surface area contributed by atoms with Crippen LogP contribution in [0.1, 0.15) is 30.8 Å². The van der Waals surface area contributed by atoms with E-state index in [1.54, 1.807) is 10.9 Å². The molecule has 1 atom stereocenters. The van der Waals surface area contributed by atoms with E-state index < -0.39 is 0 Å². The predicted octanol–water partition coefficient (Wildman–Crippen LogP) is 1.14. The molecule has 0 aliphatic rings. The molecular weight excluding hydrogens is 154 g/mol. The van der Waals surface area contributed by atoms with Gasteiger partial charge in [0.1, 0.15) is 5.69 Å². The van der Waals surface area contributed by atoms with E-state index in [1.807, 2.05) is 0 Å². The quantitative estimate of drug-likeness (QED) is 0.632. The fourth-order valence-electron chi connectivity index (χ4n) is 0.905. The third-order valence-corrected chi connectivity index (χ3v) is 1.87. The van der Waals surface area contributed by atoms with Gasteiger partial charge in [-0.05, 0) is 5.92 Å². The van der Waals surface area contributed by atoms with Crippen molar-refractivity contribution < 1.29 is 4.79 Å². The summed E-state index contributed by atoms with van der Waals surface area (Å²) in [5.41, 5.74) is 0.401. The SMILES string of the molecule is CCC(C)Cn1cc(C=O)nn1. The number of carbonyl (C=O) groups excluding carboxylic acids is 1. The summed E-state index contributed by atoms with van der Waals surface area (Å²) in [7, 11) is 0. The van der Waals surface area contributed by atoms with Crippen LogP contribution in [0.3, 0.4) is 0 Å². The summed E-state index contributed by atoms with van der Waals surface area (Å²) in [5.74, 6) is 0.575. The van der Waals surface area contributed by atoms with E-state index in [0.29, 0.717) is 17.9 Å². The molecule has 66 valence electrons. The Hall–Kier alpha value is -1.19. The zero-order valence-corrected chi connectivity index (χ0v) is 7.40. The molecule has 4 heteroatoms. The number of aromatic nitrogens is 3. The molecule has 0 bridgehead atoms. The summed E-state index contributed by atoms with van der Waals surface area (Å²) in [6.07, 6.45) is 3.48. The van der Waals surface area contributed by atoms with Crippen LogP contribution in [0, 0.1) is 5.92 Å². The van der Waals surface area contributed by atoms with Gasteiger partial charge in [-0.25, -0.2) is 0 Å². The number of carbonyl (C=O) groups is 1. The molecule has 1 unspecified atom stereocenters. The smallest absolute Gasteiger partial charge is 0.171 e. The van der Waals surface area contributed by atoms with Crippen molar-refractivity contribution in [2.45, 2.75) is 26.8 Å². The molecule has 0 spiro atoms. The summed E-state index contributed by atoms with van der Waals surface area (Å²) >= 11 is 0. The van der Waals surface area contributed by atoms with Gasteiger partial charge >= 0.3 is 0 Å². The van der Waals surface area contributed by atoms with Gasteiger partial charge in [-0.2, -0.15) is 0 Å². The van der Waals surface area contributed by atoms with E-state index in [4.69, 9.17) is 0 Å². The van der Waals surface area contributed by atoms with Crippen LogP contribution in [0.4, 0.5) is 0 Å². The first-order valence-electron chi connectivity index (χ1n) is 4.11. The lowest BCUT2D eigenvalue weighted by atomic mass is 10.1. The van der Waals surface area contributed by atoms with Gasteiger partial charge in [0.2, 0.25) is 0 Å². The first kappa shape index (κ1) is 8.90. The zero-order valence-electron chi connectivity index (χ0n) is 7.40. The molecule has 12 heavy (non-hydrogen) atoms. The van der Waals surface area contributed by atoms with Gasteiger partial charge in [-0.15, -0.1) is 5.10 Å². The first-order valence-corrected chi connectivity index (χ1v) is 4.11. The number of aldehydes is 1. The Morgan fingerprint density at radius 1 is 1.75 bits per heavy atom. The van der Waals surface area contributed by atoms with Crippen LogP contribution in [-0.2, 0) is 6.54 Å². The molecule has 0 aliphatic carbocycles. The highest BCUT2D eigenvalue weighted by atomic mass is 16.1. The molecule has 1 aromatic rings. The predicted molar refractivity (Wildman–Crippen MR) is 44.9 cm³/mol. The Morgan fingerprint density at radius 3 is 3.00 bits per heavy atom. The van der Waals surface area contributed by atoms with Crippen molar-refractivity contribution in [2.75, 3.05) is 0 Å². The number of hydrogen-bond acceptors (Lipinski definition) is 3. The molecule has 0 radical (unpaired) electrons. The highest BCUT2D eigenvalue weighted by Gasteiger charge is 2.02. The van der Waals surface area contributed by atoms with Crippen LogP contribution in [0.5, 0.6) is 0 Å². The van der Waals surface area contributed by atoms with Crippen molar-refractivity contribution in [3.05, 3.63) is 11.9 Å². The van der Waals surface area contributed by atoms with Crippen LogP contribution >= 0.6 is 0 Å². The monoisotopic (exact) mass is 167 g/mol. The van der Waals surface area contributed by atoms with Gasteiger partial charge in [-0.1, -0.05) is 25.5 Å². The molecule has 0 N–H and O–H groups in total. The molecule has 0 aromatic carbocycles. The Balaban J connectivity index is 2.57. The molecule has 0 amide bonds. The zero-order chi connectivity index (χ0) is 8.97. The number of nitrogens with zero attached hydrogens (tertiary/aromatic N) is 3. The minimum Gasteiger partial charge on any atom is -0.296 e. The van der Waals surface area contributed by atoms with Gasteiger partial charge in [0.15, 0.2) is 6.29 Å². The van der Waals surface area contributed by atoms with Crippen molar-refractivity contribution in [2.24, 2.45) is 5.92 Å². The maximum atomic E-state index is 10.3. The molecule has 0 aliphatic heterocycles. The molecule has 0 fully saturated rings. The minimum absolute atomic E-state index is 0.401. The van der Waals surface area contributed by atoms with E-state index in [2.05, 4.69) is 24.2 Å². The van der Waals surface area contributed by atoms with E-state index in [0.717, 1.165) is 13.0 Å². The minimum atomic E-state index is 0.401. The standard InChI is InChI=1S/C8H13N3O/c1-3-7(2)4-11-5-8(6-12)9-10-11/h5-7H,3-4H2,1-2H3. The maximum absolute atomic E-state index is 10.3. The van der Waals surface area contributed by atoms with E-state index in [-0.39, 0.29) is 0 Å². The summed E-state index contributed by atoms with van der Waals surface area (Å²) in [5, 5.41) is 7.48. The van der Waals surface area contributed by atoms with Crippen molar-refractivity contribution >= 4 is 6.29 Å². The molecule has 1 aromatic heterocycles. The molecule has 4 nitrogen and oxygen atoms in total. The number of rotatable bonds is 4. The van der Waals surface area contributed by atoms with E-state index in [9.17, 15) is 4.79 Å². The molecular formula is C8H13N3O. The number of hydrogen-bond donors (Lipinski definition) is 0. The molecule has 0 saturated carbocycles. The molecule has 1 rings (SSSR count). The maximum Gasteiger partial charge on any atom is 0.171 e. The summed E-state index contributed by atoms with van der Waals surface area (Å²) < 4.78 is 1.71. The van der Waals surface area contributed by atoms with Crippen molar-refractivity contribution in [1.82, 2.24) is 15.0 Å². The first-order chi connectivity index (χ1) is 5.76. The van der Waals surface area contributed by atoms with Crippen molar-refractivity contribution in [3.8, 4) is 0 Å². The molecule has 0 saturated heterocycles. The van der Waals surface area contributed by atoms with E-state index >= 15 is 0 Å². The van der Waals surface area contributed by atoms with Crippen LogP contribution in [0.15, 0.2) is 6.20 Å². The average Bonchev–Trinajstić information content (AvgIpc) is 2.52. The van der Waals surface area contributed by atoms with Gasteiger partial charge in [-0.3, -0.25) is 9.48 Å². The van der Waals surface area contributed by atoms with Crippen LogP contribution < -0.4 is 0 Å². The van der Waals surface area contributed by atoms with E-state index in [1.165, 1.54) is 0 Å². The Labute approximate surface area is 71.6 Å². The lowest BCUT2D eigenvalue weighted by molar-refractivity contribution is 0.111. The fraction of sp³-hybridized carbons (Fsp3) is 0.625. The second kappa shape index (κ2) is 3.99. The summed E-state index contributed by atoms with van der Waals surface area (Å²) in [6, 6.07) is 0. The van der Waals surface area contributed by atoms with Gasteiger partial charge in [0, 0.05) is 6.54 Å². The van der Waals surface area contributed by atoms with Crippen LogP contribution in [0.2, 0.25) is 0 Å². The normalized spacial score (nSPS) is 12.8. The second-order valence-electron chi connectivity index (χ2n) is 3.00. The Morgan fingerprint density at radius 2 is 2.50 bits per heavy atom. The second-order valence-corrected chi connectivity index (χ2v) is 3.00. The van der Waals surface area contributed by atoms with Crippen molar-refractivity contribution in [1.29, 1.82) is 0 Å². The largest absolute Gasteiger partial charge is 0.296 e. The van der Waals surface area contributed by atoms with Crippen LogP contribution in [0.25, 0.3) is 0 Å². The highest BCUT2D eigenvalue weighted by molar-refractivity contribution is 5.70. The van der Waals surface area contributed by atoms with Gasteiger partial charge in [0.25, 0.3) is 0 Å². The highest BCUT2D eigenvalue weighted by Crippen LogP contribution is 2.03. The Kier molecular flexibility index (Phi) is 2.96. The average molecular weight is 167 g/mol. The van der Waals surface area contributed by atoms with Gasteiger partial charge in [0.05, 0.1) is 6.20 Å². The van der Waals surface area contributed by atoms with Crippen molar-refractivity contribution in [3.63, 3.8) is 0 Å². The third kappa shape index (κ3) is 2.15. The molecule has 1 heterocycles. The topological polar surface area (TPSA) is 47.8 Å². The third-order valence-electron chi connectivity index (χ3n) is 1.87. The summed E-state index contributed by atoms with van der Waals surface area (Å²) in [6.45, 7) is 5.10. The lowest BCUT2D eigenvalue weighted by Crippen LogP contribution is -2.06. The fourth-order valence-corrected chi connectivity index (χ4v) is 0.905. The van der Waals surface area contributed by atoms with Gasteiger partial charge < -0.3 is 0 Å².